The summed E-state index contributed by atoms with van der Waals surface area (Å²) in [4.78, 5) is 25.2. The van der Waals surface area contributed by atoms with Crippen LogP contribution >= 0.6 is 0 Å². The fourth-order valence-electron chi connectivity index (χ4n) is 3.65. The number of hydrogen-bond acceptors (Lipinski definition) is 5. The van der Waals surface area contributed by atoms with E-state index in [0.717, 1.165) is 5.56 Å². The summed E-state index contributed by atoms with van der Waals surface area (Å²) >= 11 is 0. The molecular formula is C21H23N5O4S. The maximum atomic E-state index is 12.9. The highest BCUT2D eigenvalue weighted by molar-refractivity contribution is 7.89. The van der Waals surface area contributed by atoms with Gasteiger partial charge in [0.25, 0.3) is 5.91 Å². The van der Waals surface area contributed by atoms with E-state index in [1.807, 2.05) is 13.0 Å². The number of aromatic amines is 1. The zero-order valence-corrected chi connectivity index (χ0v) is 17.8. The van der Waals surface area contributed by atoms with Crippen molar-refractivity contribution in [3.63, 3.8) is 0 Å². The molecule has 3 aromatic rings. The van der Waals surface area contributed by atoms with Gasteiger partial charge in [-0.3, -0.25) is 25.5 Å². The molecule has 0 aliphatic carbocycles. The molecule has 1 aliphatic heterocycles. The first kappa shape index (κ1) is 21.0. The van der Waals surface area contributed by atoms with Gasteiger partial charge in [-0.15, -0.1) is 0 Å². The van der Waals surface area contributed by atoms with E-state index in [2.05, 4.69) is 21.0 Å². The third-order valence-corrected chi connectivity index (χ3v) is 7.28. The van der Waals surface area contributed by atoms with E-state index in [4.69, 9.17) is 0 Å². The summed E-state index contributed by atoms with van der Waals surface area (Å²) in [5.74, 6) is -1.55. The molecule has 9 nitrogen and oxygen atoms in total. The van der Waals surface area contributed by atoms with Gasteiger partial charge < -0.3 is 0 Å². The van der Waals surface area contributed by atoms with Crippen LogP contribution < -0.4 is 10.9 Å². The highest BCUT2D eigenvalue weighted by Gasteiger charge is 2.33. The van der Waals surface area contributed by atoms with Crippen LogP contribution in [0.15, 0.2) is 53.4 Å². The van der Waals surface area contributed by atoms with Crippen LogP contribution in [-0.4, -0.2) is 47.8 Å². The van der Waals surface area contributed by atoms with Crippen molar-refractivity contribution < 1.29 is 18.0 Å². The molecule has 0 bridgehead atoms. The highest BCUT2D eigenvalue weighted by Crippen LogP contribution is 2.24. The van der Waals surface area contributed by atoms with Gasteiger partial charge in [0.05, 0.1) is 16.3 Å². The van der Waals surface area contributed by atoms with E-state index in [1.54, 1.807) is 42.5 Å². The minimum Gasteiger partial charge on any atom is -0.277 e. The molecule has 1 aromatic heterocycles. The molecule has 2 aromatic carbocycles. The number of para-hydroxylation sites is 1. The lowest BCUT2D eigenvalue weighted by Gasteiger charge is -2.31. The molecule has 162 valence electrons. The second kappa shape index (κ2) is 8.48. The molecule has 2 heterocycles. The van der Waals surface area contributed by atoms with Gasteiger partial charge in [-0.2, -0.15) is 9.40 Å². The van der Waals surface area contributed by atoms with E-state index >= 15 is 0 Å². The van der Waals surface area contributed by atoms with Gasteiger partial charge in [-0.25, -0.2) is 8.42 Å². The van der Waals surface area contributed by atoms with E-state index in [9.17, 15) is 18.0 Å². The average molecular weight is 442 g/mol. The molecule has 1 aliphatic rings. The third kappa shape index (κ3) is 4.30. The summed E-state index contributed by atoms with van der Waals surface area (Å²) in [5.41, 5.74) is 6.64. The zero-order valence-electron chi connectivity index (χ0n) is 17.0. The Balaban J connectivity index is 1.39. The number of nitrogens with zero attached hydrogens (tertiary/aromatic N) is 2. The van der Waals surface area contributed by atoms with Gasteiger partial charge in [-0.05, 0) is 38.0 Å². The van der Waals surface area contributed by atoms with Crippen LogP contribution in [0.2, 0.25) is 0 Å². The van der Waals surface area contributed by atoms with Gasteiger partial charge >= 0.3 is 0 Å². The maximum absolute atomic E-state index is 12.9. The summed E-state index contributed by atoms with van der Waals surface area (Å²) in [6, 6.07) is 13.8. The molecule has 10 heteroatoms. The SMILES string of the molecule is Cc1ccc(S(=O)(=O)N2CCC[C@@H](C(=O)NNC(=O)c3n[nH]c4ccccc34)C2)cc1. The number of aryl methyl sites for hydroxylation is 1. The number of nitrogens with one attached hydrogen (secondary N) is 3. The average Bonchev–Trinajstić information content (AvgIpc) is 3.22. The zero-order chi connectivity index (χ0) is 22.0. The van der Waals surface area contributed by atoms with E-state index < -0.39 is 27.8 Å². The number of hydrazine groups is 1. The second-order valence-electron chi connectivity index (χ2n) is 7.58. The molecule has 0 saturated carbocycles. The number of aromatic nitrogens is 2. The lowest BCUT2D eigenvalue weighted by Crippen LogP contribution is -2.50. The Morgan fingerprint density at radius 3 is 2.61 bits per heavy atom. The van der Waals surface area contributed by atoms with E-state index in [-0.39, 0.29) is 17.1 Å². The lowest BCUT2D eigenvalue weighted by molar-refractivity contribution is -0.126. The number of benzene rings is 2. The maximum Gasteiger partial charge on any atom is 0.290 e. The van der Waals surface area contributed by atoms with Gasteiger partial charge in [0, 0.05) is 18.5 Å². The normalized spacial score (nSPS) is 17.4. The monoisotopic (exact) mass is 441 g/mol. The first-order chi connectivity index (χ1) is 14.9. The van der Waals surface area contributed by atoms with Gasteiger partial charge in [0.2, 0.25) is 15.9 Å². The predicted octanol–water partition coefficient (Wildman–Crippen LogP) is 1.73. The summed E-state index contributed by atoms with van der Waals surface area (Å²) in [6.45, 7) is 2.30. The van der Waals surface area contributed by atoms with Crippen molar-refractivity contribution in [2.24, 2.45) is 5.92 Å². The minimum atomic E-state index is -3.68. The minimum absolute atomic E-state index is 0.0588. The summed E-state index contributed by atoms with van der Waals surface area (Å²) < 4.78 is 27.2. The predicted molar refractivity (Wildman–Crippen MR) is 114 cm³/mol. The summed E-state index contributed by atoms with van der Waals surface area (Å²) in [6.07, 6.45) is 1.09. The molecule has 0 spiro atoms. The Kier molecular flexibility index (Phi) is 5.75. The van der Waals surface area contributed by atoms with Crippen LogP contribution in [0.3, 0.4) is 0 Å². The number of amides is 2. The van der Waals surface area contributed by atoms with Gasteiger partial charge in [-0.1, -0.05) is 35.9 Å². The first-order valence-corrected chi connectivity index (χ1v) is 11.4. The number of sulfonamides is 1. The number of fused-ring (bicyclic) bond motifs is 1. The molecule has 2 amide bonds. The summed E-state index contributed by atoms with van der Waals surface area (Å²) in [5, 5.41) is 7.40. The van der Waals surface area contributed by atoms with Crippen molar-refractivity contribution >= 4 is 32.7 Å². The molecule has 0 unspecified atom stereocenters. The Morgan fingerprint density at radius 2 is 1.84 bits per heavy atom. The third-order valence-electron chi connectivity index (χ3n) is 5.40. The van der Waals surface area contributed by atoms with Crippen molar-refractivity contribution in [2.45, 2.75) is 24.7 Å². The lowest BCUT2D eigenvalue weighted by atomic mass is 9.99. The fraction of sp³-hybridized carbons (Fsp3) is 0.286. The fourth-order valence-corrected chi connectivity index (χ4v) is 5.17. The Labute approximate surface area is 179 Å². The van der Waals surface area contributed by atoms with Gasteiger partial charge in [0.1, 0.15) is 0 Å². The number of H-pyrrole nitrogens is 1. The molecule has 31 heavy (non-hydrogen) atoms. The van der Waals surface area contributed by atoms with E-state index in [0.29, 0.717) is 30.3 Å². The number of hydrogen-bond donors (Lipinski definition) is 3. The Hall–Kier alpha value is -3.24. The Bertz CT molecular complexity index is 1220. The molecule has 4 rings (SSSR count). The van der Waals surface area contributed by atoms with Gasteiger partial charge in [0.15, 0.2) is 5.69 Å². The van der Waals surface area contributed by atoms with Crippen molar-refractivity contribution in [2.75, 3.05) is 13.1 Å². The first-order valence-electron chi connectivity index (χ1n) is 9.96. The van der Waals surface area contributed by atoms with Crippen LogP contribution in [0.1, 0.15) is 28.9 Å². The number of carbonyl (C=O) groups is 2. The molecule has 1 fully saturated rings. The molecule has 1 atom stereocenters. The van der Waals surface area contributed by atoms with Crippen molar-refractivity contribution in [3.05, 3.63) is 59.8 Å². The van der Waals surface area contributed by atoms with Crippen molar-refractivity contribution in [3.8, 4) is 0 Å². The second-order valence-corrected chi connectivity index (χ2v) is 9.51. The van der Waals surface area contributed by atoms with Crippen LogP contribution in [0.4, 0.5) is 0 Å². The van der Waals surface area contributed by atoms with Crippen molar-refractivity contribution in [1.82, 2.24) is 25.4 Å². The Morgan fingerprint density at radius 1 is 1.10 bits per heavy atom. The smallest absolute Gasteiger partial charge is 0.277 e. The van der Waals surface area contributed by atoms with Crippen LogP contribution in [0.5, 0.6) is 0 Å². The van der Waals surface area contributed by atoms with E-state index in [1.165, 1.54) is 4.31 Å². The number of rotatable bonds is 4. The van der Waals surface area contributed by atoms with Crippen LogP contribution in [0.25, 0.3) is 10.9 Å². The summed E-state index contributed by atoms with van der Waals surface area (Å²) in [7, 11) is -3.68. The molecule has 0 radical (unpaired) electrons. The molecule has 3 N–H and O–H groups in total. The molecular weight excluding hydrogens is 418 g/mol. The quantitative estimate of drug-likeness (QED) is 0.532. The highest BCUT2D eigenvalue weighted by atomic mass is 32.2. The van der Waals surface area contributed by atoms with Crippen molar-refractivity contribution in [1.29, 1.82) is 0 Å². The molecule has 1 saturated heterocycles. The number of piperidine rings is 1. The number of carbonyl (C=O) groups excluding carboxylic acids is 2. The van der Waals surface area contributed by atoms with Crippen LogP contribution in [0, 0.1) is 12.8 Å². The standard InChI is InChI=1S/C21H23N5O4S/c1-14-8-10-16(11-9-14)31(29,30)26-12-4-5-15(13-26)20(27)24-25-21(28)19-17-6-2-3-7-18(17)22-23-19/h2-3,6-11,15H,4-5,12-13H2,1H3,(H,22,23)(H,24,27)(H,25,28)/t15-/m1/s1. The van der Waals surface area contributed by atoms with Crippen LogP contribution in [-0.2, 0) is 14.8 Å². The topological polar surface area (TPSA) is 124 Å². The largest absolute Gasteiger partial charge is 0.290 e.